The minimum Gasteiger partial charge on any atom is -0.480 e. The minimum absolute atomic E-state index is 0.0857. The highest BCUT2D eigenvalue weighted by Crippen LogP contribution is 2.35. The molecule has 0 amide bonds. The fourth-order valence-corrected chi connectivity index (χ4v) is 6.10. The molecule has 14 N–H and O–H groups in total. The van der Waals surface area contributed by atoms with Gasteiger partial charge in [0.15, 0.2) is 18.9 Å². The standard InChI is InChI=1S/C30H55N3O17/c1-3-4-5-6-7-8-9-16(37)49-30(12-36)25(41)21(39)18(32)28(50-30)47-24-15(11-35)46-29(19(22(24)40)33-13(2)26(42)43)48-23-14(10-34)45-27(44)17(31)20(23)38/h13-15,17-25,27-29,33-36,38-41,44H,3-12,31-32H2,1-2H3,(H,42,43)/t13?,14-,15-,17-,18-,19-,20-,21-,22-,23?,24?,25+,27-,28+,29+,30+/m1/s1. The van der Waals surface area contributed by atoms with Gasteiger partial charge in [0.2, 0.25) is 0 Å². The SMILES string of the molecule is CCCCCCCCC(=O)O[C@@]1(CO)O[C@H](OC2[C@@H](CO)O[C@@H](OC3[C@@H](CO)O[C@@H](O)[C@H](N)[C@H]3O)[C@H](NC(C)C(=O)O)[C@H]2O)[C@H](N)[C@@H](O)[C@@H]1O. The maximum atomic E-state index is 12.7. The third-order valence-corrected chi connectivity index (χ3v) is 9.21. The van der Waals surface area contributed by atoms with Crippen molar-refractivity contribution in [2.75, 3.05) is 19.8 Å². The van der Waals surface area contributed by atoms with E-state index in [4.69, 9.17) is 39.9 Å². The maximum Gasteiger partial charge on any atom is 0.320 e. The monoisotopic (exact) mass is 729 g/mol. The number of aliphatic carboxylic acids is 1. The highest BCUT2D eigenvalue weighted by Gasteiger charge is 2.58. The summed E-state index contributed by atoms with van der Waals surface area (Å²) >= 11 is 0. The number of hydrogen-bond donors (Lipinski definition) is 12. The second-order valence-corrected chi connectivity index (χ2v) is 12.9. The Hall–Kier alpha value is -1.70. The zero-order chi connectivity index (χ0) is 37.3. The van der Waals surface area contributed by atoms with Crippen LogP contribution in [0.15, 0.2) is 0 Å². The van der Waals surface area contributed by atoms with Gasteiger partial charge in [0.25, 0.3) is 5.79 Å². The fraction of sp³-hybridized carbons (Fsp3) is 0.933. The van der Waals surface area contributed by atoms with Crippen molar-refractivity contribution >= 4 is 11.9 Å². The van der Waals surface area contributed by atoms with Gasteiger partial charge in [-0.15, -0.1) is 0 Å². The van der Waals surface area contributed by atoms with Gasteiger partial charge in [0.1, 0.15) is 61.5 Å². The quantitative estimate of drug-likeness (QED) is 0.0464. The van der Waals surface area contributed by atoms with Crippen molar-refractivity contribution in [1.82, 2.24) is 5.32 Å². The van der Waals surface area contributed by atoms with Crippen molar-refractivity contribution in [2.45, 2.75) is 156 Å². The molecular weight excluding hydrogens is 674 g/mol. The van der Waals surface area contributed by atoms with Gasteiger partial charge in [-0.1, -0.05) is 39.0 Å². The number of nitrogens with one attached hydrogen (secondary N) is 1. The number of aliphatic hydroxyl groups excluding tert-OH is 8. The normalized spacial score (nSPS) is 41.4. The first-order valence-corrected chi connectivity index (χ1v) is 16.9. The van der Waals surface area contributed by atoms with Crippen LogP contribution in [0, 0.1) is 0 Å². The Morgan fingerprint density at radius 2 is 1.40 bits per heavy atom. The molecule has 292 valence electrons. The molecule has 3 aliphatic heterocycles. The second kappa shape index (κ2) is 19.4. The number of carboxylic acids is 1. The third kappa shape index (κ3) is 10.0. The van der Waals surface area contributed by atoms with Crippen molar-refractivity contribution in [2.24, 2.45) is 11.5 Å². The number of aliphatic hydroxyl groups is 8. The molecule has 3 saturated heterocycles. The van der Waals surface area contributed by atoms with Crippen LogP contribution in [0.2, 0.25) is 0 Å². The summed E-state index contributed by atoms with van der Waals surface area (Å²) in [5.74, 6) is -4.75. The zero-order valence-corrected chi connectivity index (χ0v) is 28.2. The number of carbonyl (C=O) groups is 2. The van der Waals surface area contributed by atoms with E-state index in [1.807, 2.05) is 0 Å². The number of unbranched alkanes of at least 4 members (excludes halogenated alkanes) is 5. The highest BCUT2D eigenvalue weighted by molar-refractivity contribution is 5.72. The van der Waals surface area contributed by atoms with Crippen molar-refractivity contribution < 1.29 is 84.0 Å². The van der Waals surface area contributed by atoms with Gasteiger partial charge in [-0.3, -0.25) is 14.9 Å². The molecule has 16 atom stereocenters. The Bertz CT molecular complexity index is 1060. The van der Waals surface area contributed by atoms with Crippen LogP contribution >= 0.6 is 0 Å². The first-order chi connectivity index (χ1) is 23.7. The van der Waals surface area contributed by atoms with Crippen LogP contribution in [0.25, 0.3) is 0 Å². The van der Waals surface area contributed by atoms with Gasteiger partial charge in [-0.2, -0.15) is 0 Å². The molecule has 0 spiro atoms. The van der Waals surface area contributed by atoms with E-state index in [2.05, 4.69) is 12.2 Å². The molecule has 3 fully saturated rings. The predicted octanol–water partition coefficient (Wildman–Crippen LogP) is -4.95. The third-order valence-electron chi connectivity index (χ3n) is 9.21. The lowest BCUT2D eigenvalue weighted by Gasteiger charge is -2.51. The number of hydrogen-bond acceptors (Lipinski definition) is 19. The summed E-state index contributed by atoms with van der Waals surface area (Å²) in [5.41, 5.74) is 11.9. The average Bonchev–Trinajstić information content (AvgIpc) is 3.09. The van der Waals surface area contributed by atoms with Gasteiger partial charge in [-0.05, 0) is 13.3 Å². The van der Waals surface area contributed by atoms with E-state index in [0.717, 1.165) is 32.1 Å². The molecule has 50 heavy (non-hydrogen) atoms. The lowest BCUT2D eigenvalue weighted by atomic mass is 9.93. The molecule has 0 aromatic carbocycles. The lowest BCUT2D eigenvalue weighted by Crippen LogP contribution is -2.72. The first kappa shape index (κ1) is 42.7. The summed E-state index contributed by atoms with van der Waals surface area (Å²) in [6, 6.07) is -5.88. The van der Waals surface area contributed by atoms with Crippen LogP contribution in [0.1, 0.15) is 58.8 Å². The molecule has 0 aliphatic carbocycles. The maximum absolute atomic E-state index is 12.7. The summed E-state index contributed by atoms with van der Waals surface area (Å²) in [5, 5.41) is 96.4. The van der Waals surface area contributed by atoms with E-state index < -0.39 is 129 Å². The summed E-state index contributed by atoms with van der Waals surface area (Å²) in [4.78, 5) is 24.5. The number of rotatable bonds is 18. The van der Waals surface area contributed by atoms with Crippen LogP contribution in [-0.2, 0) is 38.0 Å². The average molecular weight is 730 g/mol. The van der Waals surface area contributed by atoms with Gasteiger partial charge < -0.3 is 85.8 Å². The molecule has 3 heterocycles. The van der Waals surface area contributed by atoms with Gasteiger partial charge in [0, 0.05) is 6.42 Å². The molecule has 0 saturated carbocycles. The molecule has 0 aromatic rings. The number of ether oxygens (including phenoxy) is 6. The van der Waals surface area contributed by atoms with Crippen LogP contribution in [0.3, 0.4) is 0 Å². The van der Waals surface area contributed by atoms with E-state index in [1.54, 1.807) is 0 Å². The van der Waals surface area contributed by atoms with Crippen LogP contribution in [-0.4, -0.2) is 175 Å². The minimum atomic E-state index is -2.55. The molecule has 0 radical (unpaired) electrons. The molecule has 3 aliphatic rings. The molecule has 20 nitrogen and oxygen atoms in total. The van der Waals surface area contributed by atoms with E-state index in [-0.39, 0.29) is 6.42 Å². The zero-order valence-electron chi connectivity index (χ0n) is 28.2. The number of nitrogens with two attached hydrogens (primary N) is 2. The predicted molar refractivity (Wildman–Crippen MR) is 166 cm³/mol. The highest BCUT2D eigenvalue weighted by atomic mass is 16.8. The molecule has 3 unspecified atom stereocenters. The molecule has 3 rings (SSSR count). The van der Waals surface area contributed by atoms with E-state index >= 15 is 0 Å². The summed E-state index contributed by atoms with van der Waals surface area (Å²) in [6.07, 6.45) is -13.5. The van der Waals surface area contributed by atoms with Crippen LogP contribution in [0.4, 0.5) is 0 Å². The van der Waals surface area contributed by atoms with Crippen molar-refractivity contribution in [3.05, 3.63) is 0 Å². The molecule has 0 aromatic heterocycles. The summed E-state index contributed by atoms with van der Waals surface area (Å²) in [7, 11) is 0. The molecule has 0 bridgehead atoms. The van der Waals surface area contributed by atoms with Gasteiger partial charge >= 0.3 is 11.9 Å². The Morgan fingerprint density at radius 3 is 2.00 bits per heavy atom. The lowest BCUT2D eigenvalue weighted by molar-refractivity contribution is -0.400. The van der Waals surface area contributed by atoms with Gasteiger partial charge in [-0.25, -0.2) is 0 Å². The Labute approximate surface area is 289 Å². The molecule has 20 heteroatoms. The summed E-state index contributed by atoms with van der Waals surface area (Å²) < 4.78 is 33.9. The van der Waals surface area contributed by atoms with E-state index in [0.29, 0.717) is 6.42 Å². The largest absolute Gasteiger partial charge is 0.480 e. The smallest absolute Gasteiger partial charge is 0.320 e. The van der Waals surface area contributed by atoms with E-state index in [1.165, 1.54) is 6.92 Å². The topological polar surface area (TPSA) is 336 Å². The van der Waals surface area contributed by atoms with Crippen LogP contribution in [0.5, 0.6) is 0 Å². The fourth-order valence-electron chi connectivity index (χ4n) is 6.10. The molecular formula is C30H55N3O17. The summed E-state index contributed by atoms with van der Waals surface area (Å²) in [6.45, 7) is 0.523. The van der Waals surface area contributed by atoms with Crippen molar-refractivity contribution in [1.29, 1.82) is 0 Å². The Kier molecular flexibility index (Phi) is 16.6. The Morgan fingerprint density at radius 1 is 0.820 bits per heavy atom. The van der Waals surface area contributed by atoms with Crippen molar-refractivity contribution in [3.63, 3.8) is 0 Å². The second-order valence-electron chi connectivity index (χ2n) is 12.9. The van der Waals surface area contributed by atoms with Crippen LogP contribution < -0.4 is 16.8 Å². The van der Waals surface area contributed by atoms with Gasteiger partial charge in [0.05, 0.1) is 31.3 Å². The Balaban J connectivity index is 1.84. The number of esters is 1. The number of carbonyl (C=O) groups excluding carboxylic acids is 1. The van der Waals surface area contributed by atoms with E-state index in [9.17, 15) is 55.5 Å². The number of carboxylic acid groups (broad SMARTS) is 1. The van der Waals surface area contributed by atoms with Crippen molar-refractivity contribution in [3.8, 4) is 0 Å². The first-order valence-electron chi connectivity index (χ1n) is 16.9.